The average molecular weight is 603 g/mol. The number of halogens is 2. The number of aromatic nitrogens is 3. The molecule has 0 radical (unpaired) electrons. The van der Waals surface area contributed by atoms with Gasteiger partial charge in [0, 0.05) is 18.0 Å². The minimum absolute atomic E-state index is 0.0390. The van der Waals surface area contributed by atoms with Crippen LogP contribution < -0.4 is 14.4 Å². The molecular formula is C30H40ClFN6O4. The highest BCUT2D eigenvalue weighted by Crippen LogP contribution is 2.49. The highest BCUT2D eigenvalue weighted by Gasteiger charge is 2.54. The highest BCUT2D eigenvalue weighted by atomic mass is 35.5. The molecule has 2 aromatic rings. The Bertz CT molecular complexity index is 1420. The van der Waals surface area contributed by atoms with E-state index in [4.69, 9.17) is 30.8 Å². The first kappa shape index (κ1) is 28.1. The van der Waals surface area contributed by atoms with Gasteiger partial charge in [0.1, 0.15) is 28.4 Å². The fourth-order valence-corrected chi connectivity index (χ4v) is 8.61. The van der Waals surface area contributed by atoms with Crippen LogP contribution in [0.25, 0.3) is 10.9 Å². The quantitative estimate of drug-likeness (QED) is 0.440. The van der Waals surface area contributed by atoms with E-state index >= 15 is 4.39 Å². The molecule has 0 spiro atoms. The first-order chi connectivity index (χ1) is 20.0. The van der Waals surface area contributed by atoms with Gasteiger partial charge in [0.2, 0.25) is 5.88 Å². The summed E-state index contributed by atoms with van der Waals surface area (Å²) in [4.78, 5) is 33.6. The molecule has 4 aliphatic heterocycles. The molecule has 42 heavy (non-hydrogen) atoms. The topological polar surface area (TPSA) is 93.2 Å². The Morgan fingerprint density at radius 1 is 1.17 bits per heavy atom. The lowest BCUT2D eigenvalue weighted by Gasteiger charge is -2.48. The van der Waals surface area contributed by atoms with Crippen molar-refractivity contribution in [2.45, 2.75) is 109 Å². The number of nitrogens with zero attached hydrogens (tertiary/aromatic N) is 6. The molecule has 2 bridgehead atoms. The molecule has 10 nitrogen and oxygen atoms in total. The molecular weight excluding hydrogens is 563 g/mol. The summed E-state index contributed by atoms with van der Waals surface area (Å²) in [6, 6.07) is 0.0837. The molecule has 6 heterocycles. The lowest BCUT2D eigenvalue weighted by molar-refractivity contribution is 0.000881. The first-order valence-electron chi connectivity index (χ1n) is 15.3. The number of piperazine rings is 1. The number of pyridine rings is 1. The second-order valence-corrected chi connectivity index (χ2v) is 14.2. The van der Waals surface area contributed by atoms with Crippen LogP contribution in [0.5, 0.6) is 11.9 Å². The third-order valence-electron chi connectivity index (χ3n) is 10.1. The van der Waals surface area contributed by atoms with Gasteiger partial charge in [-0.05, 0) is 79.8 Å². The van der Waals surface area contributed by atoms with E-state index in [0.717, 1.165) is 45.1 Å². The zero-order chi connectivity index (χ0) is 29.6. The maximum Gasteiger partial charge on any atom is 0.410 e. The zero-order valence-corrected chi connectivity index (χ0v) is 25.8. The van der Waals surface area contributed by atoms with Gasteiger partial charge in [0.05, 0.1) is 24.7 Å². The standard InChI is InChI=1S/C30H40ClFN6O4/c1-16-23-18-10-9-17(38(18)28(39)42-29(2,3)4)14-37(23)25-20-22(21(32)24(31)34-26(20)41-16)33-27(35-25)40-15-30-11-6-8-19(30)36(5)13-7-12-30/h16-19,23H,6-15H2,1-5H3/t16-,17+,18-,19?,23+,30?/m0/s1. The van der Waals surface area contributed by atoms with Gasteiger partial charge >= 0.3 is 12.1 Å². The van der Waals surface area contributed by atoms with Crippen molar-refractivity contribution in [3.05, 3.63) is 11.0 Å². The van der Waals surface area contributed by atoms with Crippen molar-refractivity contribution < 1.29 is 23.4 Å². The second kappa shape index (κ2) is 9.94. The van der Waals surface area contributed by atoms with Gasteiger partial charge in [-0.3, -0.25) is 4.90 Å². The summed E-state index contributed by atoms with van der Waals surface area (Å²) < 4.78 is 34.2. The Morgan fingerprint density at radius 2 is 1.95 bits per heavy atom. The number of fused-ring (bicyclic) bond motifs is 6. The predicted molar refractivity (Wildman–Crippen MR) is 156 cm³/mol. The van der Waals surface area contributed by atoms with E-state index < -0.39 is 17.5 Å². The van der Waals surface area contributed by atoms with Crippen LogP contribution in [0.15, 0.2) is 0 Å². The minimum Gasteiger partial charge on any atom is -0.472 e. The van der Waals surface area contributed by atoms with Gasteiger partial charge in [-0.25, -0.2) is 9.18 Å². The Labute approximate surface area is 250 Å². The van der Waals surface area contributed by atoms with Gasteiger partial charge in [0.15, 0.2) is 11.0 Å². The van der Waals surface area contributed by atoms with E-state index in [-0.39, 0.29) is 52.2 Å². The van der Waals surface area contributed by atoms with Crippen molar-refractivity contribution in [3.8, 4) is 11.9 Å². The van der Waals surface area contributed by atoms with Crippen molar-refractivity contribution in [1.82, 2.24) is 24.8 Å². The molecule has 12 heteroatoms. The number of carbonyl (C=O) groups excluding carboxylic acids is 1. The molecule has 1 aliphatic carbocycles. The molecule has 1 amide bonds. The number of amides is 1. The fraction of sp³-hybridized carbons (Fsp3) is 0.733. The Hall–Kier alpha value is -2.66. The smallest absolute Gasteiger partial charge is 0.410 e. The molecule has 0 aromatic carbocycles. The SMILES string of the molecule is C[C@@H]1Oc2nc(Cl)c(F)c3nc(OCC45CCCC4N(C)CCC5)nc(c23)N2C[C@H]3CC[C@@H]([C@@H]12)N3C(=O)OC(C)(C)C. The third-order valence-corrected chi connectivity index (χ3v) is 10.4. The maximum atomic E-state index is 15.6. The van der Waals surface area contributed by atoms with E-state index in [1.165, 1.54) is 6.42 Å². The van der Waals surface area contributed by atoms with E-state index in [2.05, 4.69) is 26.8 Å². The predicted octanol–water partition coefficient (Wildman–Crippen LogP) is 5.20. The van der Waals surface area contributed by atoms with Gasteiger partial charge < -0.3 is 24.0 Å². The number of hydrogen-bond donors (Lipinski definition) is 0. The molecule has 2 unspecified atom stereocenters. The molecule has 3 saturated heterocycles. The van der Waals surface area contributed by atoms with Crippen molar-refractivity contribution in [3.63, 3.8) is 0 Å². The molecule has 7 rings (SSSR count). The largest absolute Gasteiger partial charge is 0.472 e. The fourth-order valence-electron chi connectivity index (χ4n) is 8.44. The Morgan fingerprint density at radius 3 is 2.74 bits per heavy atom. The van der Waals surface area contributed by atoms with E-state index in [1.807, 2.05) is 32.6 Å². The molecule has 0 N–H and O–H groups in total. The first-order valence-corrected chi connectivity index (χ1v) is 15.7. The number of anilines is 1. The normalized spacial score (nSPS) is 32.3. The third kappa shape index (κ3) is 4.44. The number of carbonyl (C=O) groups is 1. The highest BCUT2D eigenvalue weighted by molar-refractivity contribution is 6.30. The number of piperidine rings is 1. The van der Waals surface area contributed by atoms with Gasteiger partial charge in [-0.2, -0.15) is 15.0 Å². The Balaban J connectivity index is 1.28. The van der Waals surface area contributed by atoms with E-state index in [1.54, 1.807) is 0 Å². The number of hydrogen-bond acceptors (Lipinski definition) is 9. The average Bonchev–Trinajstić information content (AvgIpc) is 3.46. The molecule has 1 saturated carbocycles. The van der Waals surface area contributed by atoms with Crippen LogP contribution in [-0.4, -0.2) is 93.5 Å². The Kier molecular flexibility index (Phi) is 6.66. The summed E-state index contributed by atoms with van der Waals surface area (Å²) in [7, 11) is 2.20. The number of likely N-dealkylation sites (tertiary alicyclic amines) is 1. The van der Waals surface area contributed by atoms with Crippen LogP contribution in [0.4, 0.5) is 15.0 Å². The summed E-state index contributed by atoms with van der Waals surface area (Å²) in [5.41, 5.74) is -0.526. The molecule has 2 aromatic heterocycles. The van der Waals surface area contributed by atoms with Gasteiger partial charge in [-0.15, -0.1) is 0 Å². The van der Waals surface area contributed by atoms with E-state index in [0.29, 0.717) is 30.4 Å². The van der Waals surface area contributed by atoms with Gasteiger partial charge in [0.25, 0.3) is 0 Å². The molecule has 228 valence electrons. The summed E-state index contributed by atoms with van der Waals surface area (Å²) in [5, 5.41) is 0.0819. The molecule has 5 aliphatic rings. The minimum atomic E-state index is -0.719. The van der Waals surface area contributed by atoms with Crippen LogP contribution in [0.3, 0.4) is 0 Å². The molecule has 6 atom stereocenters. The lowest BCUT2D eigenvalue weighted by atomic mass is 9.76. The van der Waals surface area contributed by atoms with Crippen molar-refractivity contribution in [1.29, 1.82) is 0 Å². The van der Waals surface area contributed by atoms with Crippen LogP contribution in [0.1, 0.15) is 72.6 Å². The zero-order valence-electron chi connectivity index (χ0n) is 25.0. The maximum absolute atomic E-state index is 15.6. The van der Waals surface area contributed by atoms with Crippen LogP contribution in [0.2, 0.25) is 5.15 Å². The van der Waals surface area contributed by atoms with Crippen LogP contribution in [-0.2, 0) is 4.74 Å². The summed E-state index contributed by atoms with van der Waals surface area (Å²) in [6.45, 7) is 9.65. The summed E-state index contributed by atoms with van der Waals surface area (Å²) in [6.07, 6.45) is 6.56. The number of rotatable bonds is 3. The van der Waals surface area contributed by atoms with Crippen molar-refractivity contribution in [2.75, 3.05) is 31.6 Å². The van der Waals surface area contributed by atoms with Crippen LogP contribution >= 0.6 is 11.6 Å². The van der Waals surface area contributed by atoms with Crippen molar-refractivity contribution >= 4 is 34.4 Å². The number of ether oxygens (including phenoxy) is 3. The summed E-state index contributed by atoms with van der Waals surface area (Å²) >= 11 is 6.27. The monoisotopic (exact) mass is 602 g/mol. The second-order valence-electron chi connectivity index (χ2n) is 13.9. The lowest BCUT2D eigenvalue weighted by Crippen LogP contribution is -2.65. The molecule has 4 fully saturated rings. The van der Waals surface area contributed by atoms with Gasteiger partial charge in [-0.1, -0.05) is 18.0 Å². The van der Waals surface area contributed by atoms with Crippen LogP contribution in [0, 0.1) is 11.2 Å². The van der Waals surface area contributed by atoms with Crippen molar-refractivity contribution in [2.24, 2.45) is 5.41 Å². The summed E-state index contributed by atoms with van der Waals surface area (Å²) in [5.74, 6) is -0.00410. The van der Waals surface area contributed by atoms with E-state index in [9.17, 15) is 4.79 Å².